The van der Waals surface area contributed by atoms with E-state index >= 15 is 0 Å². The SMILES string of the molecule is C=CCOc1cccc(NCC(=O)Nc2cccc(OCCCc3ccccc3)c2)c1. The molecule has 0 radical (unpaired) electrons. The van der Waals surface area contributed by atoms with Crippen LogP contribution in [0.2, 0.25) is 0 Å². The van der Waals surface area contributed by atoms with Crippen molar-refractivity contribution in [3.63, 3.8) is 0 Å². The number of hydrogen-bond donors (Lipinski definition) is 2. The number of carbonyl (C=O) groups excluding carboxylic acids is 1. The molecular formula is C26H28N2O3. The van der Waals surface area contributed by atoms with E-state index in [4.69, 9.17) is 9.47 Å². The first-order valence-electron chi connectivity index (χ1n) is 10.4. The molecule has 5 nitrogen and oxygen atoms in total. The van der Waals surface area contributed by atoms with Crippen LogP contribution in [0.4, 0.5) is 11.4 Å². The van der Waals surface area contributed by atoms with E-state index in [1.54, 1.807) is 6.08 Å². The highest BCUT2D eigenvalue weighted by Crippen LogP contribution is 2.19. The Kier molecular flexibility index (Phi) is 8.56. The molecule has 1 amide bonds. The summed E-state index contributed by atoms with van der Waals surface area (Å²) in [5, 5.41) is 6.00. The Morgan fingerprint density at radius 3 is 2.35 bits per heavy atom. The fourth-order valence-corrected chi connectivity index (χ4v) is 3.01. The Bertz CT molecular complexity index is 973. The van der Waals surface area contributed by atoms with E-state index in [9.17, 15) is 4.79 Å². The Morgan fingerprint density at radius 1 is 0.871 bits per heavy atom. The molecule has 0 unspecified atom stereocenters. The second-order valence-corrected chi connectivity index (χ2v) is 6.99. The van der Waals surface area contributed by atoms with E-state index < -0.39 is 0 Å². The zero-order valence-corrected chi connectivity index (χ0v) is 17.6. The van der Waals surface area contributed by atoms with Crippen molar-refractivity contribution in [2.24, 2.45) is 0 Å². The minimum atomic E-state index is -0.140. The van der Waals surface area contributed by atoms with E-state index in [0.717, 1.165) is 30.0 Å². The van der Waals surface area contributed by atoms with Crippen molar-refractivity contribution in [1.82, 2.24) is 0 Å². The van der Waals surface area contributed by atoms with Gasteiger partial charge in [-0.25, -0.2) is 0 Å². The van der Waals surface area contributed by atoms with Crippen LogP contribution in [0.25, 0.3) is 0 Å². The summed E-state index contributed by atoms with van der Waals surface area (Å²) in [7, 11) is 0. The van der Waals surface area contributed by atoms with Crippen LogP contribution in [0, 0.1) is 0 Å². The predicted molar refractivity (Wildman–Crippen MR) is 126 cm³/mol. The summed E-state index contributed by atoms with van der Waals surface area (Å²) in [5.74, 6) is 1.33. The van der Waals surface area contributed by atoms with Crippen molar-refractivity contribution in [3.8, 4) is 11.5 Å². The molecule has 0 spiro atoms. The van der Waals surface area contributed by atoms with E-state index in [1.807, 2.05) is 66.7 Å². The molecular weight excluding hydrogens is 388 g/mol. The van der Waals surface area contributed by atoms with Crippen LogP contribution in [-0.2, 0) is 11.2 Å². The zero-order valence-electron chi connectivity index (χ0n) is 17.6. The second-order valence-electron chi connectivity index (χ2n) is 6.99. The molecule has 0 aromatic heterocycles. The number of amides is 1. The summed E-state index contributed by atoms with van der Waals surface area (Å²) in [6.07, 6.45) is 3.59. The number of benzene rings is 3. The smallest absolute Gasteiger partial charge is 0.243 e. The van der Waals surface area contributed by atoms with Crippen molar-refractivity contribution < 1.29 is 14.3 Å². The quantitative estimate of drug-likeness (QED) is 0.310. The van der Waals surface area contributed by atoms with Crippen molar-refractivity contribution in [2.45, 2.75) is 12.8 Å². The summed E-state index contributed by atoms with van der Waals surface area (Å²) in [6, 6.07) is 25.3. The number of ether oxygens (including phenoxy) is 2. The standard InChI is InChI=1S/C26H28N2O3/c1-2-16-30-24-14-6-12-22(18-24)27-20-26(29)28-23-13-7-15-25(19-23)31-17-8-11-21-9-4-3-5-10-21/h2-7,9-10,12-15,18-19,27H,1,8,11,16-17,20H2,(H,28,29). The van der Waals surface area contributed by atoms with Crippen LogP contribution in [0.5, 0.6) is 11.5 Å². The van der Waals surface area contributed by atoms with Gasteiger partial charge in [0.15, 0.2) is 0 Å². The largest absolute Gasteiger partial charge is 0.494 e. The van der Waals surface area contributed by atoms with Crippen LogP contribution < -0.4 is 20.1 Å². The molecule has 3 rings (SSSR count). The predicted octanol–water partition coefficient (Wildman–Crippen LogP) is 5.31. The Morgan fingerprint density at radius 2 is 1.58 bits per heavy atom. The van der Waals surface area contributed by atoms with Crippen LogP contribution in [0.3, 0.4) is 0 Å². The van der Waals surface area contributed by atoms with Crippen molar-refractivity contribution >= 4 is 17.3 Å². The van der Waals surface area contributed by atoms with Crippen molar-refractivity contribution in [3.05, 3.63) is 97.1 Å². The second kappa shape index (κ2) is 12.1. The summed E-state index contributed by atoms with van der Waals surface area (Å²) in [5.41, 5.74) is 2.82. The first kappa shape index (κ1) is 22.0. The van der Waals surface area contributed by atoms with Gasteiger partial charge in [-0.05, 0) is 42.7 Å². The monoisotopic (exact) mass is 416 g/mol. The molecule has 0 saturated heterocycles. The van der Waals surface area contributed by atoms with E-state index in [1.165, 1.54) is 5.56 Å². The molecule has 5 heteroatoms. The molecule has 0 bridgehead atoms. The molecule has 3 aromatic rings. The first-order chi connectivity index (χ1) is 15.2. The number of rotatable bonds is 12. The van der Waals surface area contributed by atoms with Gasteiger partial charge in [-0.15, -0.1) is 0 Å². The average molecular weight is 417 g/mol. The van der Waals surface area contributed by atoms with Crippen molar-refractivity contribution in [1.29, 1.82) is 0 Å². The van der Waals surface area contributed by atoms with E-state index in [-0.39, 0.29) is 12.5 Å². The van der Waals surface area contributed by atoms with Gasteiger partial charge in [0, 0.05) is 23.5 Å². The molecule has 0 aliphatic heterocycles. The van der Waals surface area contributed by atoms with Crippen LogP contribution >= 0.6 is 0 Å². The van der Waals surface area contributed by atoms with E-state index in [0.29, 0.717) is 18.9 Å². The lowest BCUT2D eigenvalue weighted by atomic mass is 10.1. The zero-order chi connectivity index (χ0) is 21.7. The van der Waals surface area contributed by atoms with Gasteiger partial charge in [0.2, 0.25) is 5.91 Å². The number of hydrogen-bond acceptors (Lipinski definition) is 4. The van der Waals surface area contributed by atoms with Crippen LogP contribution in [0.1, 0.15) is 12.0 Å². The van der Waals surface area contributed by atoms with Crippen LogP contribution in [-0.4, -0.2) is 25.7 Å². The minimum absolute atomic E-state index is 0.140. The number of anilines is 2. The Balaban J connectivity index is 1.42. The summed E-state index contributed by atoms with van der Waals surface area (Å²) < 4.78 is 11.3. The number of aryl methyl sites for hydroxylation is 1. The van der Waals surface area contributed by atoms with Gasteiger partial charge in [0.1, 0.15) is 18.1 Å². The molecule has 0 aliphatic rings. The maximum Gasteiger partial charge on any atom is 0.243 e. The topological polar surface area (TPSA) is 59.6 Å². The maximum absolute atomic E-state index is 12.3. The molecule has 3 aromatic carbocycles. The number of carbonyl (C=O) groups is 1. The lowest BCUT2D eigenvalue weighted by molar-refractivity contribution is -0.114. The molecule has 0 saturated carbocycles. The third kappa shape index (κ3) is 7.90. The third-order valence-electron chi connectivity index (χ3n) is 4.49. The summed E-state index contributed by atoms with van der Waals surface area (Å²) in [4.78, 5) is 12.3. The Labute approximate surface area is 183 Å². The molecule has 0 aliphatic carbocycles. The van der Waals surface area contributed by atoms with Crippen molar-refractivity contribution in [2.75, 3.05) is 30.4 Å². The first-order valence-corrected chi connectivity index (χ1v) is 10.4. The lowest BCUT2D eigenvalue weighted by Gasteiger charge is -2.11. The summed E-state index contributed by atoms with van der Waals surface area (Å²) in [6.45, 7) is 4.84. The maximum atomic E-state index is 12.3. The average Bonchev–Trinajstić information content (AvgIpc) is 2.80. The molecule has 31 heavy (non-hydrogen) atoms. The molecule has 2 N–H and O–H groups in total. The highest BCUT2D eigenvalue weighted by Gasteiger charge is 2.05. The molecule has 0 heterocycles. The summed E-state index contributed by atoms with van der Waals surface area (Å²) >= 11 is 0. The highest BCUT2D eigenvalue weighted by atomic mass is 16.5. The fourth-order valence-electron chi connectivity index (χ4n) is 3.01. The Hall–Kier alpha value is -3.73. The van der Waals surface area contributed by atoms with Gasteiger partial charge in [0.25, 0.3) is 0 Å². The fraction of sp³-hybridized carbons (Fsp3) is 0.192. The van der Waals surface area contributed by atoms with Gasteiger partial charge < -0.3 is 20.1 Å². The van der Waals surface area contributed by atoms with E-state index in [2.05, 4.69) is 29.3 Å². The van der Waals surface area contributed by atoms with Gasteiger partial charge in [0.05, 0.1) is 13.2 Å². The normalized spacial score (nSPS) is 10.2. The van der Waals surface area contributed by atoms with Crippen LogP contribution in [0.15, 0.2) is 91.5 Å². The molecule has 160 valence electrons. The third-order valence-corrected chi connectivity index (χ3v) is 4.49. The van der Waals surface area contributed by atoms with Gasteiger partial charge in [-0.1, -0.05) is 55.1 Å². The molecule has 0 fully saturated rings. The van der Waals surface area contributed by atoms with Gasteiger partial charge in [-0.2, -0.15) is 0 Å². The van der Waals surface area contributed by atoms with Gasteiger partial charge in [-0.3, -0.25) is 4.79 Å². The number of nitrogens with one attached hydrogen (secondary N) is 2. The van der Waals surface area contributed by atoms with Gasteiger partial charge >= 0.3 is 0 Å². The highest BCUT2D eigenvalue weighted by molar-refractivity contribution is 5.93. The molecule has 0 atom stereocenters. The lowest BCUT2D eigenvalue weighted by Crippen LogP contribution is -2.21. The minimum Gasteiger partial charge on any atom is -0.494 e.